The van der Waals surface area contributed by atoms with E-state index in [9.17, 15) is 4.79 Å². The van der Waals surface area contributed by atoms with Gasteiger partial charge in [0.05, 0.1) is 11.9 Å². The fourth-order valence-electron chi connectivity index (χ4n) is 1.86. The number of rotatable bonds is 4. The summed E-state index contributed by atoms with van der Waals surface area (Å²) >= 11 is 3.28. The second-order valence-electron chi connectivity index (χ2n) is 4.25. The molecule has 1 saturated heterocycles. The van der Waals surface area contributed by atoms with Gasteiger partial charge in [0.2, 0.25) is 0 Å². The summed E-state index contributed by atoms with van der Waals surface area (Å²) in [4.78, 5) is 11.6. The minimum absolute atomic E-state index is 0.126. The van der Waals surface area contributed by atoms with Gasteiger partial charge in [0.1, 0.15) is 4.47 Å². The Morgan fingerprint density at radius 2 is 2.53 bits per heavy atom. The Labute approximate surface area is 108 Å². The molecule has 0 radical (unpaired) electrons. The molecule has 1 aromatic heterocycles. The number of anilines is 1. The van der Waals surface area contributed by atoms with Crippen LogP contribution in [0.2, 0.25) is 0 Å². The molecule has 17 heavy (non-hydrogen) atoms. The summed E-state index contributed by atoms with van der Waals surface area (Å²) in [5, 5.41) is 7.21. The van der Waals surface area contributed by atoms with E-state index in [0.717, 1.165) is 38.3 Å². The monoisotopic (exact) mass is 301 g/mol. The molecule has 0 amide bonds. The third-order valence-corrected chi connectivity index (χ3v) is 3.74. The van der Waals surface area contributed by atoms with Crippen molar-refractivity contribution in [3.8, 4) is 0 Å². The highest BCUT2D eigenvalue weighted by Gasteiger charge is 2.15. The zero-order valence-electron chi connectivity index (χ0n) is 9.78. The van der Waals surface area contributed by atoms with Gasteiger partial charge in [0.25, 0.3) is 5.56 Å². The number of nitrogens with one attached hydrogen (secondary N) is 1. The number of hydrogen-bond donors (Lipinski definition) is 1. The Balaban J connectivity index is 1.90. The van der Waals surface area contributed by atoms with Crippen LogP contribution in [0.15, 0.2) is 15.5 Å². The number of nitrogens with zero attached hydrogens (tertiary/aromatic N) is 2. The van der Waals surface area contributed by atoms with E-state index >= 15 is 0 Å². The van der Waals surface area contributed by atoms with Crippen LogP contribution in [-0.4, -0.2) is 29.5 Å². The normalized spacial score (nSPS) is 19.5. The van der Waals surface area contributed by atoms with Gasteiger partial charge in [-0.3, -0.25) is 4.79 Å². The van der Waals surface area contributed by atoms with Gasteiger partial charge in [-0.2, -0.15) is 5.10 Å². The fraction of sp³-hybridized carbons (Fsp3) is 0.636. The van der Waals surface area contributed by atoms with Crippen LogP contribution in [0, 0.1) is 5.92 Å². The molecule has 94 valence electrons. The second-order valence-corrected chi connectivity index (χ2v) is 5.04. The lowest BCUT2D eigenvalue weighted by molar-refractivity contribution is 0.185. The van der Waals surface area contributed by atoms with Gasteiger partial charge in [0.15, 0.2) is 0 Å². The Morgan fingerprint density at radius 1 is 1.71 bits per heavy atom. The van der Waals surface area contributed by atoms with Gasteiger partial charge in [0, 0.05) is 26.8 Å². The predicted molar refractivity (Wildman–Crippen MR) is 69.2 cm³/mol. The fourth-order valence-corrected chi connectivity index (χ4v) is 2.36. The first-order valence-corrected chi connectivity index (χ1v) is 6.51. The third-order valence-electron chi connectivity index (χ3n) is 2.97. The molecule has 2 heterocycles. The average molecular weight is 302 g/mol. The topological polar surface area (TPSA) is 56.1 Å². The van der Waals surface area contributed by atoms with E-state index in [1.165, 1.54) is 4.68 Å². The summed E-state index contributed by atoms with van der Waals surface area (Å²) in [6.07, 6.45) is 3.86. The maximum Gasteiger partial charge on any atom is 0.282 e. The van der Waals surface area contributed by atoms with Crippen molar-refractivity contribution in [1.82, 2.24) is 9.78 Å². The zero-order chi connectivity index (χ0) is 12.3. The van der Waals surface area contributed by atoms with Crippen molar-refractivity contribution >= 4 is 21.6 Å². The zero-order valence-corrected chi connectivity index (χ0v) is 11.4. The number of aromatic nitrogens is 2. The maximum absolute atomic E-state index is 11.6. The van der Waals surface area contributed by atoms with Crippen LogP contribution in [-0.2, 0) is 11.8 Å². The van der Waals surface area contributed by atoms with Crippen molar-refractivity contribution in [2.75, 3.05) is 25.1 Å². The van der Waals surface area contributed by atoms with Gasteiger partial charge >= 0.3 is 0 Å². The SMILES string of the molecule is Cn1ncc(NCCC2CCOC2)c(Br)c1=O. The van der Waals surface area contributed by atoms with Crippen LogP contribution < -0.4 is 10.9 Å². The molecule has 1 N–H and O–H groups in total. The summed E-state index contributed by atoms with van der Waals surface area (Å²) < 4.78 is 7.16. The molecular weight excluding hydrogens is 286 g/mol. The average Bonchev–Trinajstić information content (AvgIpc) is 2.82. The van der Waals surface area contributed by atoms with Gasteiger partial charge < -0.3 is 10.1 Å². The van der Waals surface area contributed by atoms with Crippen LogP contribution in [0.1, 0.15) is 12.8 Å². The molecule has 0 spiro atoms. The number of hydrogen-bond acceptors (Lipinski definition) is 4. The molecule has 0 aliphatic carbocycles. The molecule has 1 aliphatic heterocycles. The molecule has 5 nitrogen and oxygen atoms in total. The minimum atomic E-state index is -0.126. The van der Waals surface area contributed by atoms with Crippen LogP contribution in [0.4, 0.5) is 5.69 Å². The standard InChI is InChI=1S/C11H16BrN3O2/c1-15-11(16)10(12)9(6-14-15)13-4-2-8-3-5-17-7-8/h6,8,13H,2-5,7H2,1H3. The first kappa shape index (κ1) is 12.6. The van der Waals surface area contributed by atoms with E-state index < -0.39 is 0 Å². The van der Waals surface area contributed by atoms with Crippen LogP contribution >= 0.6 is 15.9 Å². The Bertz CT molecular complexity index is 441. The molecule has 0 aromatic carbocycles. The van der Waals surface area contributed by atoms with E-state index in [-0.39, 0.29) is 5.56 Å². The molecule has 6 heteroatoms. The number of aryl methyl sites for hydroxylation is 1. The molecule has 1 fully saturated rings. The summed E-state index contributed by atoms with van der Waals surface area (Å²) in [6, 6.07) is 0. The first-order valence-electron chi connectivity index (χ1n) is 5.72. The lowest BCUT2D eigenvalue weighted by atomic mass is 10.1. The van der Waals surface area contributed by atoms with Crippen molar-refractivity contribution in [2.24, 2.45) is 13.0 Å². The highest BCUT2D eigenvalue weighted by Crippen LogP contribution is 2.19. The van der Waals surface area contributed by atoms with Gasteiger partial charge in [-0.15, -0.1) is 0 Å². The lowest BCUT2D eigenvalue weighted by Gasteiger charge is -2.11. The van der Waals surface area contributed by atoms with Gasteiger partial charge in [-0.1, -0.05) is 0 Å². The summed E-state index contributed by atoms with van der Waals surface area (Å²) in [7, 11) is 1.63. The Kier molecular flexibility index (Phi) is 4.17. The van der Waals surface area contributed by atoms with E-state index in [1.54, 1.807) is 13.2 Å². The van der Waals surface area contributed by atoms with E-state index in [4.69, 9.17) is 4.74 Å². The van der Waals surface area contributed by atoms with Crippen LogP contribution in [0.5, 0.6) is 0 Å². The maximum atomic E-state index is 11.6. The third kappa shape index (κ3) is 3.07. The van der Waals surface area contributed by atoms with E-state index in [1.807, 2.05) is 0 Å². The molecule has 0 bridgehead atoms. The predicted octanol–water partition coefficient (Wildman–Crippen LogP) is 1.38. The molecule has 1 aliphatic rings. The summed E-state index contributed by atoms with van der Waals surface area (Å²) in [5.41, 5.74) is 0.631. The number of halogens is 1. The first-order chi connectivity index (χ1) is 8.18. The lowest BCUT2D eigenvalue weighted by Crippen LogP contribution is -2.21. The molecule has 0 saturated carbocycles. The number of ether oxygens (including phenoxy) is 1. The van der Waals surface area contributed by atoms with Crippen molar-refractivity contribution in [1.29, 1.82) is 0 Å². The van der Waals surface area contributed by atoms with Crippen molar-refractivity contribution in [3.63, 3.8) is 0 Å². The van der Waals surface area contributed by atoms with Gasteiger partial charge in [-0.25, -0.2) is 4.68 Å². The van der Waals surface area contributed by atoms with Crippen LogP contribution in [0.25, 0.3) is 0 Å². The molecule has 2 rings (SSSR count). The highest BCUT2D eigenvalue weighted by molar-refractivity contribution is 9.10. The van der Waals surface area contributed by atoms with Gasteiger partial charge in [-0.05, 0) is 34.7 Å². The smallest absolute Gasteiger partial charge is 0.282 e. The largest absolute Gasteiger partial charge is 0.383 e. The minimum Gasteiger partial charge on any atom is -0.383 e. The quantitative estimate of drug-likeness (QED) is 0.913. The van der Waals surface area contributed by atoms with E-state index in [2.05, 4.69) is 26.3 Å². The molecule has 1 aromatic rings. The van der Waals surface area contributed by atoms with Crippen molar-refractivity contribution in [2.45, 2.75) is 12.8 Å². The second kappa shape index (κ2) is 5.64. The van der Waals surface area contributed by atoms with Crippen molar-refractivity contribution in [3.05, 3.63) is 21.0 Å². The Morgan fingerprint density at radius 3 is 3.24 bits per heavy atom. The summed E-state index contributed by atoms with van der Waals surface area (Å²) in [6.45, 7) is 2.57. The molecular formula is C11H16BrN3O2. The summed E-state index contributed by atoms with van der Waals surface area (Å²) in [5.74, 6) is 0.640. The van der Waals surface area contributed by atoms with Crippen molar-refractivity contribution < 1.29 is 4.74 Å². The van der Waals surface area contributed by atoms with Crippen LogP contribution in [0.3, 0.4) is 0 Å². The highest BCUT2D eigenvalue weighted by atomic mass is 79.9. The molecule has 1 atom stereocenters. The Hall–Kier alpha value is -0.880. The van der Waals surface area contributed by atoms with E-state index in [0.29, 0.717) is 10.4 Å². The molecule has 1 unspecified atom stereocenters.